The lowest BCUT2D eigenvalue weighted by Crippen LogP contribution is -2.22. The Morgan fingerprint density at radius 2 is 1.74 bits per heavy atom. The molecule has 4 nitrogen and oxygen atoms in total. The molecule has 0 aliphatic carbocycles. The molecule has 0 saturated carbocycles. The fourth-order valence-electron chi connectivity index (χ4n) is 2.58. The number of anilines is 2. The summed E-state index contributed by atoms with van der Waals surface area (Å²) >= 11 is 5.94. The topological polar surface area (TPSA) is 50.4 Å². The van der Waals surface area contributed by atoms with Crippen molar-refractivity contribution in [2.75, 3.05) is 17.2 Å². The van der Waals surface area contributed by atoms with Gasteiger partial charge < -0.3 is 15.4 Å². The Morgan fingerprint density at radius 3 is 2.44 bits per heavy atom. The molecule has 3 rings (SSSR count). The molecule has 3 aromatic carbocycles. The van der Waals surface area contributed by atoms with Crippen LogP contribution in [0.4, 0.5) is 11.4 Å². The molecule has 0 fully saturated rings. The van der Waals surface area contributed by atoms with Crippen molar-refractivity contribution in [1.82, 2.24) is 0 Å². The average molecular weight is 381 g/mol. The van der Waals surface area contributed by atoms with Crippen molar-refractivity contribution in [3.63, 3.8) is 0 Å². The molecule has 3 aromatic rings. The summed E-state index contributed by atoms with van der Waals surface area (Å²) in [6.45, 7) is 2.63. The lowest BCUT2D eigenvalue weighted by molar-refractivity contribution is -0.114. The van der Waals surface area contributed by atoms with Crippen LogP contribution in [0.2, 0.25) is 5.02 Å². The first kappa shape index (κ1) is 18.8. The van der Waals surface area contributed by atoms with Gasteiger partial charge >= 0.3 is 0 Å². The molecule has 0 spiro atoms. The minimum atomic E-state index is -0.123. The number of carbonyl (C=O) groups is 1. The molecule has 0 saturated heterocycles. The van der Waals surface area contributed by atoms with E-state index in [1.165, 1.54) is 0 Å². The number of rotatable bonds is 7. The summed E-state index contributed by atoms with van der Waals surface area (Å²) in [5.41, 5.74) is 3.72. The van der Waals surface area contributed by atoms with E-state index in [-0.39, 0.29) is 12.5 Å². The Labute approximate surface area is 164 Å². The molecule has 0 radical (unpaired) electrons. The maximum Gasteiger partial charge on any atom is 0.243 e. The zero-order chi connectivity index (χ0) is 19.1. The van der Waals surface area contributed by atoms with Crippen LogP contribution in [-0.2, 0) is 11.4 Å². The normalized spacial score (nSPS) is 10.3. The van der Waals surface area contributed by atoms with Crippen molar-refractivity contribution in [1.29, 1.82) is 0 Å². The molecular formula is C22H21ClN2O2. The van der Waals surface area contributed by atoms with Gasteiger partial charge in [0.05, 0.1) is 6.54 Å². The number of nitrogens with one attached hydrogen (secondary N) is 2. The number of ether oxygens (including phenoxy) is 1. The van der Waals surface area contributed by atoms with Gasteiger partial charge in [0.25, 0.3) is 0 Å². The van der Waals surface area contributed by atoms with Crippen molar-refractivity contribution in [2.45, 2.75) is 13.5 Å². The Bertz CT molecular complexity index is 896. The van der Waals surface area contributed by atoms with Crippen molar-refractivity contribution in [3.8, 4) is 5.75 Å². The fraction of sp³-hybridized carbons (Fsp3) is 0.136. The maximum absolute atomic E-state index is 12.1. The van der Waals surface area contributed by atoms with E-state index in [0.29, 0.717) is 11.6 Å². The first-order chi connectivity index (χ1) is 13.1. The lowest BCUT2D eigenvalue weighted by atomic mass is 10.2. The molecule has 0 bridgehead atoms. The molecule has 0 unspecified atom stereocenters. The second-order valence-electron chi connectivity index (χ2n) is 6.16. The number of halogens is 1. The summed E-state index contributed by atoms with van der Waals surface area (Å²) in [6.07, 6.45) is 0. The summed E-state index contributed by atoms with van der Waals surface area (Å²) in [6, 6.07) is 22.8. The summed E-state index contributed by atoms with van der Waals surface area (Å²) in [5.74, 6) is 0.633. The number of aryl methyl sites for hydroxylation is 1. The number of hydrogen-bond acceptors (Lipinski definition) is 3. The summed E-state index contributed by atoms with van der Waals surface area (Å²) in [7, 11) is 0. The minimum Gasteiger partial charge on any atom is -0.489 e. The van der Waals surface area contributed by atoms with Gasteiger partial charge in [-0.3, -0.25) is 4.79 Å². The fourth-order valence-corrected chi connectivity index (χ4v) is 2.81. The lowest BCUT2D eigenvalue weighted by Gasteiger charge is -2.11. The molecule has 0 aliphatic rings. The summed E-state index contributed by atoms with van der Waals surface area (Å²) in [4.78, 5) is 12.1. The van der Waals surface area contributed by atoms with E-state index in [0.717, 1.165) is 28.3 Å². The molecule has 138 valence electrons. The predicted octanol–water partition coefficient (Wildman–Crippen LogP) is 5.28. The summed E-state index contributed by atoms with van der Waals surface area (Å²) in [5, 5.41) is 6.65. The Morgan fingerprint density at radius 1 is 1.00 bits per heavy atom. The highest BCUT2D eigenvalue weighted by molar-refractivity contribution is 6.30. The molecule has 27 heavy (non-hydrogen) atoms. The van der Waals surface area contributed by atoms with Crippen LogP contribution in [0.15, 0.2) is 72.8 Å². The van der Waals surface area contributed by atoms with E-state index >= 15 is 0 Å². The smallest absolute Gasteiger partial charge is 0.243 e. The van der Waals surface area contributed by atoms with E-state index in [1.54, 1.807) is 6.07 Å². The van der Waals surface area contributed by atoms with Gasteiger partial charge in [0.15, 0.2) is 0 Å². The van der Waals surface area contributed by atoms with Crippen LogP contribution >= 0.6 is 11.6 Å². The van der Waals surface area contributed by atoms with Crippen molar-refractivity contribution < 1.29 is 9.53 Å². The highest BCUT2D eigenvalue weighted by atomic mass is 35.5. The maximum atomic E-state index is 12.1. The first-order valence-corrected chi connectivity index (χ1v) is 9.04. The highest BCUT2D eigenvalue weighted by Gasteiger charge is 2.05. The van der Waals surface area contributed by atoms with Crippen LogP contribution in [0, 0.1) is 6.92 Å². The molecule has 0 atom stereocenters. The Hall–Kier alpha value is -2.98. The van der Waals surface area contributed by atoms with Gasteiger partial charge in [-0.05, 0) is 60.5 Å². The third kappa shape index (κ3) is 5.76. The molecule has 0 aromatic heterocycles. The van der Waals surface area contributed by atoms with Crippen molar-refractivity contribution >= 4 is 28.9 Å². The molecule has 5 heteroatoms. The number of amides is 1. The molecule has 1 amide bonds. The van der Waals surface area contributed by atoms with E-state index < -0.39 is 0 Å². The van der Waals surface area contributed by atoms with Crippen LogP contribution in [-0.4, -0.2) is 12.5 Å². The predicted molar refractivity (Wildman–Crippen MR) is 111 cm³/mol. The van der Waals surface area contributed by atoms with Crippen LogP contribution in [0.5, 0.6) is 5.75 Å². The van der Waals surface area contributed by atoms with Crippen LogP contribution in [0.3, 0.4) is 0 Å². The molecular weight excluding hydrogens is 360 g/mol. The number of carbonyl (C=O) groups excluding carboxylic acids is 1. The van der Waals surface area contributed by atoms with Gasteiger partial charge in [-0.1, -0.05) is 41.9 Å². The molecule has 0 aliphatic heterocycles. The van der Waals surface area contributed by atoms with Crippen LogP contribution in [0.25, 0.3) is 0 Å². The van der Waals surface area contributed by atoms with E-state index in [4.69, 9.17) is 16.3 Å². The highest BCUT2D eigenvalue weighted by Crippen LogP contribution is 2.20. The zero-order valence-corrected chi connectivity index (χ0v) is 15.8. The van der Waals surface area contributed by atoms with Crippen LogP contribution in [0.1, 0.15) is 11.1 Å². The third-order valence-corrected chi connectivity index (χ3v) is 4.25. The minimum absolute atomic E-state index is 0.123. The third-order valence-electron chi connectivity index (χ3n) is 4.01. The van der Waals surface area contributed by atoms with Gasteiger partial charge in [-0.15, -0.1) is 0 Å². The number of benzene rings is 3. The van der Waals surface area contributed by atoms with Gasteiger partial charge in [0.1, 0.15) is 12.4 Å². The molecule has 2 N–H and O–H groups in total. The summed E-state index contributed by atoms with van der Waals surface area (Å²) < 4.78 is 5.74. The first-order valence-electron chi connectivity index (χ1n) is 8.67. The van der Waals surface area contributed by atoms with Crippen molar-refractivity contribution in [2.24, 2.45) is 0 Å². The standard InChI is InChI=1S/C22H21ClN2O2/c1-16-13-18(23)7-12-21(16)24-14-22(26)25-19-8-10-20(11-9-19)27-15-17-5-3-2-4-6-17/h2-13,24H,14-15H2,1H3,(H,25,26). The zero-order valence-electron chi connectivity index (χ0n) is 15.0. The second-order valence-corrected chi connectivity index (χ2v) is 6.60. The van der Waals surface area contributed by atoms with E-state index in [2.05, 4.69) is 10.6 Å². The monoisotopic (exact) mass is 380 g/mol. The average Bonchev–Trinajstić information content (AvgIpc) is 2.67. The quantitative estimate of drug-likeness (QED) is 0.586. The SMILES string of the molecule is Cc1cc(Cl)ccc1NCC(=O)Nc1ccc(OCc2ccccc2)cc1. The number of hydrogen-bond donors (Lipinski definition) is 2. The van der Waals surface area contributed by atoms with E-state index in [1.807, 2.05) is 73.7 Å². The second kappa shape index (κ2) is 9.10. The van der Waals surface area contributed by atoms with E-state index in [9.17, 15) is 4.79 Å². The Balaban J connectivity index is 1.48. The largest absolute Gasteiger partial charge is 0.489 e. The van der Waals surface area contributed by atoms with Gasteiger partial charge in [0, 0.05) is 16.4 Å². The van der Waals surface area contributed by atoms with Gasteiger partial charge in [-0.2, -0.15) is 0 Å². The Kier molecular flexibility index (Phi) is 6.34. The van der Waals surface area contributed by atoms with Gasteiger partial charge in [0.2, 0.25) is 5.91 Å². The van der Waals surface area contributed by atoms with Gasteiger partial charge in [-0.25, -0.2) is 0 Å². The molecule has 0 heterocycles. The van der Waals surface area contributed by atoms with Crippen molar-refractivity contribution in [3.05, 3.63) is 88.9 Å². The van der Waals surface area contributed by atoms with Crippen LogP contribution < -0.4 is 15.4 Å².